The van der Waals surface area contributed by atoms with Gasteiger partial charge in [-0.1, -0.05) is 31.1 Å². The number of amides is 1. The van der Waals surface area contributed by atoms with Crippen LogP contribution >= 0.6 is 0 Å². The number of aromatic amines is 1. The molecule has 0 saturated heterocycles. The van der Waals surface area contributed by atoms with Crippen LogP contribution in [0.25, 0.3) is 11.0 Å². The maximum atomic E-state index is 12.2. The molecule has 7 heteroatoms. The van der Waals surface area contributed by atoms with Gasteiger partial charge in [0.05, 0.1) is 17.6 Å². The number of hydrogen-bond acceptors (Lipinski definition) is 5. The van der Waals surface area contributed by atoms with Crippen LogP contribution in [0.15, 0.2) is 39.6 Å². The molecular formula is C16H16N4O3. The van der Waals surface area contributed by atoms with Crippen molar-refractivity contribution in [1.82, 2.24) is 20.4 Å². The van der Waals surface area contributed by atoms with Crippen LogP contribution in [0.4, 0.5) is 0 Å². The number of nitrogens with zero attached hydrogens (tertiary/aromatic N) is 2. The number of aromatic nitrogens is 3. The van der Waals surface area contributed by atoms with Crippen LogP contribution in [0, 0.1) is 0 Å². The first-order chi connectivity index (χ1) is 11.0. The summed E-state index contributed by atoms with van der Waals surface area (Å²) in [4.78, 5) is 30.9. The van der Waals surface area contributed by atoms with E-state index in [2.05, 4.69) is 20.4 Å². The molecule has 0 radical (unpaired) electrons. The average Bonchev–Trinajstić information content (AvgIpc) is 3.01. The fourth-order valence-electron chi connectivity index (χ4n) is 2.12. The van der Waals surface area contributed by atoms with Crippen LogP contribution in [-0.2, 0) is 6.54 Å². The van der Waals surface area contributed by atoms with Crippen molar-refractivity contribution in [2.24, 2.45) is 0 Å². The largest absolute Gasteiger partial charge is 0.361 e. The number of para-hydroxylation sites is 2. The third kappa shape index (κ3) is 3.13. The van der Waals surface area contributed by atoms with E-state index in [0.29, 0.717) is 16.7 Å². The number of carbonyl (C=O) groups excluding carboxylic acids is 1. The molecule has 0 fully saturated rings. The molecule has 1 amide bonds. The van der Waals surface area contributed by atoms with Gasteiger partial charge in [-0.3, -0.25) is 9.59 Å². The molecule has 0 atom stereocenters. The number of benzene rings is 1. The summed E-state index contributed by atoms with van der Waals surface area (Å²) in [6.45, 7) is 4.14. The van der Waals surface area contributed by atoms with Gasteiger partial charge in [0.2, 0.25) is 0 Å². The number of carbonyl (C=O) groups is 1. The lowest BCUT2D eigenvalue weighted by Crippen LogP contribution is -2.30. The number of rotatable bonds is 4. The summed E-state index contributed by atoms with van der Waals surface area (Å²) in [5, 5.41) is 6.51. The smallest absolute Gasteiger partial charge is 0.280 e. The maximum Gasteiger partial charge on any atom is 0.280 e. The second-order valence-electron chi connectivity index (χ2n) is 5.49. The maximum absolute atomic E-state index is 12.2. The highest BCUT2D eigenvalue weighted by molar-refractivity contribution is 5.93. The SMILES string of the molecule is CC(C)c1cc(CNC(=O)c2nc3ccccc3[nH]c2=O)no1. The minimum Gasteiger partial charge on any atom is -0.361 e. The predicted octanol–water partition coefficient (Wildman–Crippen LogP) is 1.96. The lowest BCUT2D eigenvalue weighted by Gasteiger charge is -2.03. The fourth-order valence-corrected chi connectivity index (χ4v) is 2.12. The lowest BCUT2D eigenvalue weighted by atomic mass is 10.1. The molecule has 3 rings (SSSR count). The van der Waals surface area contributed by atoms with Crippen molar-refractivity contribution in [1.29, 1.82) is 0 Å². The second-order valence-corrected chi connectivity index (χ2v) is 5.49. The zero-order valence-electron chi connectivity index (χ0n) is 12.8. The van der Waals surface area contributed by atoms with E-state index >= 15 is 0 Å². The highest BCUT2D eigenvalue weighted by atomic mass is 16.5. The molecule has 0 saturated carbocycles. The molecule has 1 aromatic carbocycles. The first kappa shape index (κ1) is 15.0. The van der Waals surface area contributed by atoms with Gasteiger partial charge in [-0.05, 0) is 12.1 Å². The number of hydrogen-bond donors (Lipinski definition) is 2. The molecule has 2 heterocycles. The highest BCUT2D eigenvalue weighted by Crippen LogP contribution is 2.14. The highest BCUT2D eigenvalue weighted by Gasteiger charge is 2.15. The van der Waals surface area contributed by atoms with Gasteiger partial charge >= 0.3 is 0 Å². The van der Waals surface area contributed by atoms with E-state index in [9.17, 15) is 9.59 Å². The summed E-state index contributed by atoms with van der Waals surface area (Å²) >= 11 is 0. The standard InChI is InChI=1S/C16H16N4O3/c1-9(2)13-7-10(20-23-13)8-17-15(21)14-16(22)19-12-6-4-3-5-11(12)18-14/h3-7,9H,8H2,1-2H3,(H,17,21)(H,19,22). The van der Waals surface area contributed by atoms with Gasteiger partial charge in [0.15, 0.2) is 5.69 Å². The Hall–Kier alpha value is -2.96. The molecule has 0 bridgehead atoms. The summed E-state index contributed by atoms with van der Waals surface area (Å²) < 4.78 is 5.16. The van der Waals surface area contributed by atoms with Gasteiger partial charge in [0, 0.05) is 12.0 Å². The molecule has 23 heavy (non-hydrogen) atoms. The Bertz CT molecular complexity index is 911. The summed E-state index contributed by atoms with van der Waals surface area (Å²) in [6, 6.07) is 8.82. The van der Waals surface area contributed by atoms with Crippen molar-refractivity contribution in [3.8, 4) is 0 Å². The van der Waals surface area contributed by atoms with Crippen molar-refractivity contribution in [2.75, 3.05) is 0 Å². The van der Waals surface area contributed by atoms with E-state index in [1.165, 1.54) is 0 Å². The molecule has 0 aliphatic carbocycles. The Balaban J connectivity index is 1.77. The predicted molar refractivity (Wildman–Crippen MR) is 84.1 cm³/mol. The average molecular weight is 312 g/mol. The zero-order valence-corrected chi connectivity index (χ0v) is 12.8. The topological polar surface area (TPSA) is 101 Å². The van der Waals surface area contributed by atoms with Crippen LogP contribution in [0.5, 0.6) is 0 Å². The molecule has 0 unspecified atom stereocenters. The lowest BCUT2D eigenvalue weighted by molar-refractivity contribution is 0.0944. The van der Waals surface area contributed by atoms with Crippen LogP contribution in [0.2, 0.25) is 0 Å². The van der Waals surface area contributed by atoms with E-state index in [4.69, 9.17) is 4.52 Å². The number of H-pyrrole nitrogens is 1. The Morgan fingerprint density at radius 1 is 1.35 bits per heavy atom. The van der Waals surface area contributed by atoms with E-state index in [0.717, 1.165) is 5.76 Å². The van der Waals surface area contributed by atoms with Crippen LogP contribution in [-0.4, -0.2) is 21.0 Å². The van der Waals surface area contributed by atoms with Gasteiger partial charge in [0.1, 0.15) is 11.5 Å². The molecule has 7 nitrogen and oxygen atoms in total. The minimum absolute atomic E-state index is 0.170. The first-order valence-corrected chi connectivity index (χ1v) is 7.27. The minimum atomic E-state index is -0.550. The molecule has 2 aromatic heterocycles. The number of nitrogens with one attached hydrogen (secondary N) is 2. The summed E-state index contributed by atoms with van der Waals surface area (Å²) in [5.41, 5.74) is 1.05. The van der Waals surface area contributed by atoms with Gasteiger partial charge in [-0.25, -0.2) is 4.98 Å². The Labute approximate surface area is 131 Å². The third-order valence-corrected chi connectivity index (χ3v) is 3.39. The van der Waals surface area contributed by atoms with Gasteiger partial charge in [0.25, 0.3) is 11.5 Å². The van der Waals surface area contributed by atoms with E-state index < -0.39 is 11.5 Å². The molecule has 0 aliphatic heterocycles. The summed E-state index contributed by atoms with van der Waals surface area (Å²) in [5.74, 6) is 0.416. The van der Waals surface area contributed by atoms with E-state index in [1.807, 2.05) is 13.8 Å². The van der Waals surface area contributed by atoms with E-state index in [1.54, 1.807) is 30.3 Å². The number of fused-ring (bicyclic) bond motifs is 1. The second kappa shape index (κ2) is 6.04. The first-order valence-electron chi connectivity index (χ1n) is 7.27. The molecule has 0 aliphatic rings. The Kier molecular flexibility index (Phi) is 3.92. The quantitative estimate of drug-likeness (QED) is 0.767. The molecule has 2 N–H and O–H groups in total. The van der Waals surface area contributed by atoms with Crippen molar-refractivity contribution in [3.05, 3.63) is 57.8 Å². The normalized spacial score (nSPS) is 11.1. The zero-order chi connectivity index (χ0) is 16.4. The molecule has 118 valence electrons. The summed E-state index contributed by atoms with van der Waals surface area (Å²) in [7, 11) is 0. The van der Waals surface area contributed by atoms with Gasteiger partial charge in [-0.2, -0.15) is 0 Å². The molecule has 0 spiro atoms. The fraction of sp³-hybridized carbons (Fsp3) is 0.250. The van der Waals surface area contributed by atoms with Crippen molar-refractivity contribution in [3.63, 3.8) is 0 Å². The van der Waals surface area contributed by atoms with Crippen LogP contribution < -0.4 is 10.9 Å². The van der Waals surface area contributed by atoms with Crippen LogP contribution in [0.3, 0.4) is 0 Å². The molecular weight excluding hydrogens is 296 g/mol. The molecule has 3 aromatic rings. The Morgan fingerprint density at radius 2 is 2.13 bits per heavy atom. The monoisotopic (exact) mass is 312 g/mol. The van der Waals surface area contributed by atoms with E-state index in [-0.39, 0.29) is 18.2 Å². The third-order valence-electron chi connectivity index (χ3n) is 3.39. The van der Waals surface area contributed by atoms with Crippen molar-refractivity contribution >= 4 is 16.9 Å². The van der Waals surface area contributed by atoms with Crippen LogP contribution in [0.1, 0.15) is 41.7 Å². The van der Waals surface area contributed by atoms with Crippen molar-refractivity contribution in [2.45, 2.75) is 26.3 Å². The summed E-state index contributed by atoms with van der Waals surface area (Å²) in [6.07, 6.45) is 0. The van der Waals surface area contributed by atoms with Crippen molar-refractivity contribution < 1.29 is 9.32 Å². The van der Waals surface area contributed by atoms with Gasteiger partial charge in [-0.15, -0.1) is 0 Å². The van der Waals surface area contributed by atoms with Gasteiger partial charge < -0.3 is 14.8 Å². The Morgan fingerprint density at radius 3 is 2.87 bits per heavy atom.